The van der Waals surface area contributed by atoms with Crippen molar-refractivity contribution < 1.29 is 20.1 Å². The highest BCUT2D eigenvalue weighted by Gasteiger charge is 2.65. The van der Waals surface area contributed by atoms with Gasteiger partial charge in [0.25, 0.3) is 0 Å². The number of benzene rings is 1. The molecular formula is C30H45NO4. The lowest BCUT2D eigenvalue weighted by Crippen LogP contribution is -2.62. The molecule has 194 valence electrons. The molecule has 8 unspecified atom stereocenters. The van der Waals surface area contributed by atoms with Crippen molar-refractivity contribution in [2.75, 3.05) is 5.32 Å². The monoisotopic (exact) mass is 483 g/mol. The summed E-state index contributed by atoms with van der Waals surface area (Å²) in [5.74, 6) is 1.97. The Morgan fingerprint density at radius 1 is 1.03 bits per heavy atom. The van der Waals surface area contributed by atoms with Gasteiger partial charge in [-0.1, -0.05) is 39.0 Å². The van der Waals surface area contributed by atoms with E-state index in [4.69, 9.17) is 0 Å². The molecule has 0 radical (unpaired) electrons. The first kappa shape index (κ1) is 25.2. The molecule has 1 aromatic carbocycles. The van der Waals surface area contributed by atoms with Crippen LogP contribution in [-0.4, -0.2) is 39.5 Å². The first-order valence-electron chi connectivity index (χ1n) is 14.0. The van der Waals surface area contributed by atoms with Crippen molar-refractivity contribution in [1.29, 1.82) is 0 Å². The molecule has 0 aliphatic heterocycles. The van der Waals surface area contributed by atoms with Crippen molar-refractivity contribution in [1.82, 2.24) is 0 Å². The maximum Gasteiger partial charge on any atom is 0.224 e. The summed E-state index contributed by atoms with van der Waals surface area (Å²) in [4.78, 5) is 12.6. The van der Waals surface area contributed by atoms with Crippen LogP contribution in [0.5, 0.6) is 0 Å². The van der Waals surface area contributed by atoms with Crippen LogP contribution in [0.15, 0.2) is 30.3 Å². The molecule has 5 heteroatoms. The summed E-state index contributed by atoms with van der Waals surface area (Å²) >= 11 is 0. The molecule has 0 aromatic heterocycles. The third-order valence-corrected chi connectivity index (χ3v) is 11.4. The summed E-state index contributed by atoms with van der Waals surface area (Å²) < 4.78 is 0. The zero-order valence-electron chi connectivity index (χ0n) is 21.7. The summed E-state index contributed by atoms with van der Waals surface area (Å²) in [6, 6.07) is 9.61. The zero-order valence-corrected chi connectivity index (χ0v) is 21.7. The van der Waals surface area contributed by atoms with Crippen molar-refractivity contribution in [3.8, 4) is 0 Å². The van der Waals surface area contributed by atoms with Gasteiger partial charge in [0.1, 0.15) is 0 Å². The van der Waals surface area contributed by atoms with Gasteiger partial charge in [-0.25, -0.2) is 0 Å². The van der Waals surface area contributed by atoms with Crippen molar-refractivity contribution in [3.63, 3.8) is 0 Å². The summed E-state index contributed by atoms with van der Waals surface area (Å²) in [6.07, 6.45) is 6.64. The molecule has 4 aliphatic rings. The number of carbonyl (C=O) groups is 1. The molecular weight excluding hydrogens is 438 g/mol. The molecule has 0 spiro atoms. The van der Waals surface area contributed by atoms with Gasteiger partial charge in [0, 0.05) is 12.1 Å². The van der Waals surface area contributed by atoms with Gasteiger partial charge < -0.3 is 20.6 Å². The lowest BCUT2D eigenvalue weighted by molar-refractivity contribution is -0.207. The number of aliphatic hydroxyl groups is 3. The second kappa shape index (κ2) is 9.46. The number of aliphatic hydroxyl groups excluding tert-OH is 3. The van der Waals surface area contributed by atoms with Crippen LogP contribution >= 0.6 is 0 Å². The number of para-hydroxylation sites is 1. The van der Waals surface area contributed by atoms with Crippen LogP contribution in [0.4, 0.5) is 5.69 Å². The van der Waals surface area contributed by atoms with E-state index in [9.17, 15) is 20.1 Å². The van der Waals surface area contributed by atoms with Crippen molar-refractivity contribution in [2.45, 2.75) is 96.9 Å². The van der Waals surface area contributed by atoms with E-state index >= 15 is 0 Å². The average molecular weight is 484 g/mol. The smallest absolute Gasteiger partial charge is 0.224 e. The van der Waals surface area contributed by atoms with E-state index < -0.39 is 0 Å². The molecule has 0 bridgehead atoms. The van der Waals surface area contributed by atoms with Gasteiger partial charge in [-0.3, -0.25) is 4.79 Å². The van der Waals surface area contributed by atoms with Gasteiger partial charge in [-0.2, -0.15) is 0 Å². The molecule has 4 fully saturated rings. The fraction of sp³-hybridized carbons (Fsp3) is 0.767. The molecule has 1 amide bonds. The fourth-order valence-electron chi connectivity index (χ4n) is 9.44. The molecule has 11 atom stereocenters. The molecule has 0 heterocycles. The summed E-state index contributed by atoms with van der Waals surface area (Å²) in [5.41, 5.74) is 0.722. The van der Waals surface area contributed by atoms with Gasteiger partial charge in [-0.05, 0) is 110 Å². The Bertz CT molecular complexity index is 907. The Morgan fingerprint density at radius 2 is 1.77 bits per heavy atom. The van der Waals surface area contributed by atoms with E-state index in [0.29, 0.717) is 36.0 Å². The van der Waals surface area contributed by atoms with E-state index in [1.807, 2.05) is 30.3 Å². The van der Waals surface area contributed by atoms with Gasteiger partial charge in [0.2, 0.25) is 5.91 Å². The van der Waals surface area contributed by atoms with E-state index in [1.54, 1.807) is 0 Å². The van der Waals surface area contributed by atoms with E-state index in [2.05, 4.69) is 26.1 Å². The maximum absolute atomic E-state index is 12.6. The molecule has 5 nitrogen and oxygen atoms in total. The average Bonchev–Trinajstić information content (AvgIpc) is 3.18. The van der Waals surface area contributed by atoms with E-state index in [-0.39, 0.29) is 41.0 Å². The van der Waals surface area contributed by atoms with E-state index in [1.165, 1.54) is 0 Å². The van der Waals surface area contributed by atoms with Crippen LogP contribution in [-0.2, 0) is 4.79 Å². The van der Waals surface area contributed by atoms with Gasteiger partial charge in [0.15, 0.2) is 0 Å². The minimum Gasteiger partial charge on any atom is -0.393 e. The summed E-state index contributed by atoms with van der Waals surface area (Å²) in [5, 5.41) is 36.4. The molecule has 4 aliphatic carbocycles. The number of amides is 1. The van der Waals surface area contributed by atoms with Crippen molar-refractivity contribution >= 4 is 11.6 Å². The highest BCUT2D eigenvalue weighted by Crippen LogP contribution is 2.68. The first-order valence-corrected chi connectivity index (χ1v) is 14.0. The Hall–Kier alpha value is -1.43. The zero-order chi connectivity index (χ0) is 25.0. The second-order valence-corrected chi connectivity index (χ2v) is 13.0. The van der Waals surface area contributed by atoms with Crippen LogP contribution in [0, 0.1) is 46.3 Å². The predicted molar refractivity (Wildman–Crippen MR) is 137 cm³/mol. The van der Waals surface area contributed by atoms with Crippen LogP contribution < -0.4 is 5.32 Å². The van der Waals surface area contributed by atoms with Crippen LogP contribution in [0.3, 0.4) is 0 Å². The molecule has 35 heavy (non-hydrogen) atoms. The molecule has 0 saturated heterocycles. The number of fused-ring (bicyclic) bond motifs is 5. The molecule has 5 rings (SSSR count). The van der Waals surface area contributed by atoms with Crippen LogP contribution in [0.25, 0.3) is 0 Å². The highest BCUT2D eigenvalue weighted by atomic mass is 16.3. The highest BCUT2D eigenvalue weighted by molar-refractivity contribution is 5.90. The standard InChI is InChI=1S/C30H45NO4/c1-18(9-12-27(35)31-20-7-5-4-6-8-20)22-10-11-23-28-24(17-26(34)30(22,23)3)29(2)14-13-21(32)15-19(29)16-25(28)33/h4-8,18-19,21-26,28,32-34H,9-17H2,1-3H3,(H,31,35)/t18-,19?,21?,22?,23?,24?,25?,26?,28?,29+,30-/m1/s1. The molecule has 1 aromatic rings. The third-order valence-electron chi connectivity index (χ3n) is 11.4. The maximum atomic E-state index is 12.6. The number of anilines is 1. The lowest BCUT2D eigenvalue weighted by atomic mass is 9.43. The first-order chi connectivity index (χ1) is 16.6. The number of carbonyl (C=O) groups excluding carboxylic acids is 1. The van der Waals surface area contributed by atoms with Crippen LogP contribution in [0.1, 0.15) is 78.6 Å². The molecule has 4 saturated carbocycles. The third kappa shape index (κ3) is 4.26. The predicted octanol–water partition coefficient (Wildman–Crippen LogP) is 5.00. The number of hydrogen-bond donors (Lipinski definition) is 4. The summed E-state index contributed by atoms with van der Waals surface area (Å²) in [6.45, 7) is 6.91. The Balaban J connectivity index is 1.29. The largest absolute Gasteiger partial charge is 0.393 e. The van der Waals surface area contributed by atoms with E-state index in [0.717, 1.165) is 57.1 Å². The lowest BCUT2D eigenvalue weighted by Gasteiger charge is -2.63. The Morgan fingerprint density at radius 3 is 2.51 bits per heavy atom. The van der Waals surface area contributed by atoms with Gasteiger partial charge >= 0.3 is 0 Å². The van der Waals surface area contributed by atoms with Crippen molar-refractivity contribution in [3.05, 3.63) is 30.3 Å². The second-order valence-electron chi connectivity index (χ2n) is 13.0. The Kier molecular flexibility index (Phi) is 6.82. The topological polar surface area (TPSA) is 89.8 Å². The van der Waals surface area contributed by atoms with Crippen LogP contribution in [0.2, 0.25) is 0 Å². The number of nitrogens with one attached hydrogen (secondary N) is 1. The van der Waals surface area contributed by atoms with Crippen molar-refractivity contribution in [2.24, 2.45) is 46.3 Å². The van der Waals surface area contributed by atoms with Gasteiger partial charge in [0.05, 0.1) is 18.3 Å². The Labute approximate surface area is 210 Å². The summed E-state index contributed by atoms with van der Waals surface area (Å²) in [7, 11) is 0. The fourth-order valence-corrected chi connectivity index (χ4v) is 9.44. The number of hydrogen-bond acceptors (Lipinski definition) is 4. The quantitative estimate of drug-likeness (QED) is 0.474. The number of rotatable bonds is 5. The minimum absolute atomic E-state index is 0.0492. The normalized spacial score (nSPS) is 45.7. The molecule has 4 N–H and O–H groups in total. The van der Waals surface area contributed by atoms with Gasteiger partial charge in [-0.15, -0.1) is 0 Å². The SMILES string of the molecule is C[C@H](CCC(=O)Nc1ccccc1)C1CCC2C3C(O)CC4CC(O)CC[C@]4(C)C3CC(O)[C@@]21C. The minimum atomic E-state index is -0.378.